The molecule has 2 aliphatic rings. The highest BCUT2D eigenvalue weighted by Crippen LogP contribution is 2.34. The standard InChI is InChI=1S/C9H18N2/c1-11-5-7-3-2-4-9(10)8(7)6-11/h7-9H,2-6,10H2,1H3. The average molecular weight is 154 g/mol. The van der Waals surface area contributed by atoms with Crippen LogP contribution in [0.25, 0.3) is 0 Å². The summed E-state index contributed by atoms with van der Waals surface area (Å²) >= 11 is 0. The molecular formula is C9H18N2. The highest BCUT2D eigenvalue weighted by atomic mass is 15.1. The van der Waals surface area contributed by atoms with E-state index >= 15 is 0 Å². The van der Waals surface area contributed by atoms with E-state index in [1.807, 2.05) is 0 Å². The molecule has 0 spiro atoms. The molecule has 1 saturated carbocycles. The molecule has 2 nitrogen and oxygen atoms in total. The van der Waals surface area contributed by atoms with Gasteiger partial charge in [0.2, 0.25) is 0 Å². The number of hydrogen-bond donors (Lipinski definition) is 1. The van der Waals surface area contributed by atoms with E-state index in [1.54, 1.807) is 0 Å². The summed E-state index contributed by atoms with van der Waals surface area (Å²) in [6.45, 7) is 2.53. The third kappa shape index (κ3) is 1.30. The molecule has 64 valence electrons. The Morgan fingerprint density at radius 3 is 2.82 bits per heavy atom. The normalized spacial score (nSPS) is 45.8. The zero-order valence-corrected chi connectivity index (χ0v) is 7.29. The Bertz CT molecular complexity index is 146. The summed E-state index contributed by atoms with van der Waals surface area (Å²) < 4.78 is 0. The maximum absolute atomic E-state index is 6.06. The van der Waals surface area contributed by atoms with Crippen molar-refractivity contribution in [3.8, 4) is 0 Å². The van der Waals surface area contributed by atoms with Crippen molar-refractivity contribution >= 4 is 0 Å². The van der Waals surface area contributed by atoms with E-state index in [1.165, 1.54) is 32.4 Å². The number of rotatable bonds is 0. The molecule has 0 aromatic heterocycles. The van der Waals surface area contributed by atoms with Gasteiger partial charge in [0.25, 0.3) is 0 Å². The number of hydrogen-bond acceptors (Lipinski definition) is 2. The summed E-state index contributed by atoms with van der Waals surface area (Å²) in [4.78, 5) is 2.43. The van der Waals surface area contributed by atoms with Crippen LogP contribution >= 0.6 is 0 Å². The molecule has 1 aliphatic carbocycles. The van der Waals surface area contributed by atoms with Gasteiger partial charge < -0.3 is 10.6 Å². The third-order valence-corrected chi connectivity index (χ3v) is 3.34. The fraction of sp³-hybridized carbons (Fsp3) is 1.00. The van der Waals surface area contributed by atoms with Crippen molar-refractivity contribution in [3.05, 3.63) is 0 Å². The molecule has 3 unspecified atom stereocenters. The van der Waals surface area contributed by atoms with Crippen LogP contribution in [-0.2, 0) is 0 Å². The first-order valence-electron chi connectivity index (χ1n) is 4.71. The summed E-state index contributed by atoms with van der Waals surface area (Å²) in [6, 6.07) is 0.499. The summed E-state index contributed by atoms with van der Waals surface area (Å²) in [5.74, 6) is 1.73. The number of likely N-dealkylation sites (tertiary alicyclic amines) is 1. The van der Waals surface area contributed by atoms with Crippen LogP contribution in [0, 0.1) is 11.8 Å². The van der Waals surface area contributed by atoms with Gasteiger partial charge in [0.05, 0.1) is 0 Å². The lowest BCUT2D eigenvalue weighted by molar-refractivity contribution is 0.259. The van der Waals surface area contributed by atoms with Crippen molar-refractivity contribution in [2.24, 2.45) is 17.6 Å². The monoisotopic (exact) mass is 154 g/mol. The van der Waals surface area contributed by atoms with Crippen molar-refractivity contribution in [1.82, 2.24) is 4.90 Å². The topological polar surface area (TPSA) is 29.3 Å². The van der Waals surface area contributed by atoms with Crippen molar-refractivity contribution < 1.29 is 0 Å². The summed E-state index contributed by atoms with van der Waals surface area (Å²) in [5, 5.41) is 0. The summed E-state index contributed by atoms with van der Waals surface area (Å²) in [7, 11) is 2.21. The van der Waals surface area contributed by atoms with Gasteiger partial charge in [-0.15, -0.1) is 0 Å². The summed E-state index contributed by atoms with van der Waals surface area (Å²) in [5.41, 5.74) is 6.06. The molecule has 0 aromatic rings. The molecule has 2 rings (SSSR count). The van der Waals surface area contributed by atoms with E-state index in [4.69, 9.17) is 5.73 Å². The Morgan fingerprint density at radius 1 is 1.27 bits per heavy atom. The first kappa shape index (κ1) is 7.56. The largest absolute Gasteiger partial charge is 0.327 e. The highest BCUT2D eigenvalue weighted by molar-refractivity contribution is 4.91. The Labute approximate surface area is 68.7 Å². The fourth-order valence-corrected chi connectivity index (χ4v) is 2.74. The molecule has 0 amide bonds. The van der Waals surface area contributed by atoms with Crippen molar-refractivity contribution in [3.63, 3.8) is 0 Å². The second kappa shape index (κ2) is 2.76. The van der Waals surface area contributed by atoms with Crippen LogP contribution in [0.3, 0.4) is 0 Å². The Hall–Kier alpha value is -0.0800. The number of nitrogens with two attached hydrogens (primary N) is 1. The molecule has 2 N–H and O–H groups in total. The van der Waals surface area contributed by atoms with Crippen LogP contribution in [0.15, 0.2) is 0 Å². The van der Waals surface area contributed by atoms with E-state index in [2.05, 4.69) is 11.9 Å². The van der Waals surface area contributed by atoms with Crippen molar-refractivity contribution in [2.45, 2.75) is 25.3 Å². The number of nitrogens with zero attached hydrogens (tertiary/aromatic N) is 1. The Kier molecular flexibility index (Phi) is 1.90. The van der Waals surface area contributed by atoms with Crippen LogP contribution in [0.4, 0.5) is 0 Å². The minimum Gasteiger partial charge on any atom is -0.327 e. The van der Waals surface area contributed by atoms with E-state index in [9.17, 15) is 0 Å². The van der Waals surface area contributed by atoms with Crippen molar-refractivity contribution in [2.75, 3.05) is 20.1 Å². The predicted octanol–water partition coefficient (Wildman–Crippen LogP) is 0.675. The quantitative estimate of drug-likeness (QED) is 0.556. The zero-order valence-electron chi connectivity index (χ0n) is 7.29. The molecule has 1 aliphatic heterocycles. The second-order valence-corrected chi connectivity index (χ2v) is 4.24. The number of fused-ring (bicyclic) bond motifs is 1. The van der Waals surface area contributed by atoms with E-state index in [0.29, 0.717) is 6.04 Å². The van der Waals surface area contributed by atoms with Gasteiger partial charge >= 0.3 is 0 Å². The summed E-state index contributed by atoms with van der Waals surface area (Å²) in [6.07, 6.45) is 4.04. The smallest absolute Gasteiger partial charge is 0.00825 e. The molecular weight excluding hydrogens is 136 g/mol. The molecule has 0 bridgehead atoms. The van der Waals surface area contributed by atoms with Crippen molar-refractivity contribution in [1.29, 1.82) is 0 Å². The van der Waals surface area contributed by atoms with Gasteiger partial charge in [-0.1, -0.05) is 6.42 Å². The van der Waals surface area contributed by atoms with Crippen LogP contribution in [0.1, 0.15) is 19.3 Å². The van der Waals surface area contributed by atoms with Gasteiger partial charge in [-0.25, -0.2) is 0 Å². The maximum Gasteiger partial charge on any atom is 0.00825 e. The van der Waals surface area contributed by atoms with E-state index < -0.39 is 0 Å². The molecule has 11 heavy (non-hydrogen) atoms. The van der Waals surface area contributed by atoms with Gasteiger partial charge in [-0.05, 0) is 31.7 Å². The lowest BCUT2D eigenvalue weighted by Gasteiger charge is -2.29. The van der Waals surface area contributed by atoms with E-state index in [-0.39, 0.29) is 0 Å². The van der Waals surface area contributed by atoms with Gasteiger partial charge in [-0.2, -0.15) is 0 Å². The third-order valence-electron chi connectivity index (χ3n) is 3.34. The van der Waals surface area contributed by atoms with Crippen LogP contribution in [0.5, 0.6) is 0 Å². The molecule has 0 radical (unpaired) electrons. The minimum absolute atomic E-state index is 0.499. The van der Waals surface area contributed by atoms with Crippen LogP contribution in [-0.4, -0.2) is 31.1 Å². The van der Waals surface area contributed by atoms with Gasteiger partial charge in [0, 0.05) is 19.1 Å². The molecule has 0 aromatic carbocycles. The predicted molar refractivity (Wildman–Crippen MR) is 46.3 cm³/mol. The van der Waals surface area contributed by atoms with Gasteiger partial charge in [0.15, 0.2) is 0 Å². The molecule has 2 heteroatoms. The first-order chi connectivity index (χ1) is 5.27. The fourth-order valence-electron chi connectivity index (χ4n) is 2.74. The van der Waals surface area contributed by atoms with Gasteiger partial charge in [0.1, 0.15) is 0 Å². The Morgan fingerprint density at radius 2 is 2.09 bits per heavy atom. The van der Waals surface area contributed by atoms with Gasteiger partial charge in [-0.3, -0.25) is 0 Å². The SMILES string of the molecule is CN1CC2CCCC(N)C2C1. The van der Waals surface area contributed by atoms with Crippen LogP contribution < -0.4 is 5.73 Å². The lowest BCUT2D eigenvalue weighted by Crippen LogP contribution is -2.38. The highest BCUT2D eigenvalue weighted by Gasteiger charge is 2.36. The second-order valence-electron chi connectivity index (χ2n) is 4.24. The van der Waals surface area contributed by atoms with Crippen LogP contribution in [0.2, 0.25) is 0 Å². The minimum atomic E-state index is 0.499. The molecule has 2 fully saturated rings. The maximum atomic E-state index is 6.06. The first-order valence-corrected chi connectivity index (χ1v) is 4.71. The lowest BCUT2D eigenvalue weighted by atomic mass is 9.78. The Balaban J connectivity index is 2.03. The molecule has 1 saturated heterocycles. The zero-order chi connectivity index (χ0) is 7.84. The average Bonchev–Trinajstić information content (AvgIpc) is 2.31. The molecule has 3 atom stereocenters. The molecule has 1 heterocycles. The van der Waals surface area contributed by atoms with E-state index in [0.717, 1.165) is 11.8 Å².